The highest BCUT2D eigenvalue weighted by molar-refractivity contribution is 5.27. The Kier molecular flexibility index (Phi) is 5.99. The topological polar surface area (TPSA) is 62.4 Å². The fraction of sp³-hybridized carbons (Fsp3) is 0.579. The molecule has 1 atom stereocenters. The first-order valence-corrected chi connectivity index (χ1v) is 8.97. The molecule has 1 fully saturated rings. The molecule has 2 heterocycles. The molecule has 5 nitrogen and oxygen atoms in total. The van der Waals surface area contributed by atoms with Gasteiger partial charge in [0.15, 0.2) is 5.82 Å². The number of aryl methyl sites for hydroxylation is 1. The van der Waals surface area contributed by atoms with Crippen LogP contribution in [0.15, 0.2) is 28.8 Å². The first-order valence-electron chi connectivity index (χ1n) is 8.97. The zero-order valence-corrected chi connectivity index (χ0v) is 14.4. The standard InChI is InChI=1S/C19H27N3O2/c1-15-7-4-5-8-16(15)13-18-20-19(24-21-18)14-22-11-6-2-3-9-17(22)10-12-23/h4-5,7-8,17,23H,2-3,6,9-14H2,1H3. The van der Waals surface area contributed by atoms with Crippen molar-refractivity contribution >= 4 is 0 Å². The van der Waals surface area contributed by atoms with Gasteiger partial charge in [-0.05, 0) is 43.9 Å². The molecule has 1 aliphatic heterocycles. The zero-order valence-electron chi connectivity index (χ0n) is 14.4. The summed E-state index contributed by atoms with van der Waals surface area (Å²) in [6.45, 7) is 4.07. The molecule has 0 radical (unpaired) electrons. The van der Waals surface area contributed by atoms with Crippen LogP contribution in [-0.4, -0.2) is 39.3 Å². The lowest BCUT2D eigenvalue weighted by atomic mass is 10.1. The molecule has 3 rings (SSSR count). The smallest absolute Gasteiger partial charge is 0.240 e. The third-order valence-electron chi connectivity index (χ3n) is 4.92. The summed E-state index contributed by atoms with van der Waals surface area (Å²) in [5.74, 6) is 1.43. The van der Waals surface area contributed by atoms with Crippen LogP contribution in [0.5, 0.6) is 0 Å². The van der Waals surface area contributed by atoms with Crippen molar-refractivity contribution in [1.82, 2.24) is 15.0 Å². The van der Waals surface area contributed by atoms with E-state index in [-0.39, 0.29) is 6.61 Å². The number of likely N-dealkylation sites (tertiary alicyclic amines) is 1. The SMILES string of the molecule is Cc1ccccc1Cc1noc(CN2CCCCCC2CCO)n1. The van der Waals surface area contributed by atoms with Crippen LogP contribution in [0.1, 0.15) is 54.9 Å². The van der Waals surface area contributed by atoms with Crippen molar-refractivity contribution in [2.75, 3.05) is 13.2 Å². The summed E-state index contributed by atoms with van der Waals surface area (Å²) < 4.78 is 5.48. The minimum atomic E-state index is 0.240. The largest absolute Gasteiger partial charge is 0.396 e. The van der Waals surface area contributed by atoms with Crippen LogP contribution in [0, 0.1) is 6.92 Å². The van der Waals surface area contributed by atoms with Gasteiger partial charge in [0.05, 0.1) is 6.54 Å². The average molecular weight is 329 g/mol. The Labute approximate surface area is 143 Å². The molecule has 1 aliphatic rings. The number of rotatable bonds is 6. The van der Waals surface area contributed by atoms with E-state index >= 15 is 0 Å². The predicted octanol–water partition coefficient (Wildman–Crippen LogP) is 3.10. The number of aliphatic hydroxyl groups excluding tert-OH is 1. The van der Waals surface area contributed by atoms with Gasteiger partial charge in [0.1, 0.15) is 0 Å². The molecule has 0 bridgehead atoms. The van der Waals surface area contributed by atoms with Gasteiger partial charge >= 0.3 is 0 Å². The fourth-order valence-electron chi connectivity index (χ4n) is 3.50. The maximum Gasteiger partial charge on any atom is 0.240 e. The summed E-state index contributed by atoms with van der Waals surface area (Å²) >= 11 is 0. The molecule has 0 aliphatic carbocycles. The Morgan fingerprint density at radius 3 is 2.96 bits per heavy atom. The summed E-state index contributed by atoms with van der Waals surface area (Å²) in [5.41, 5.74) is 2.48. The van der Waals surface area contributed by atoms with E-state index in [0.717, 1.165) is 25.2 Å². The minimum Gasteiger partial charge on any atom is -0.396 e. The van der Waals surface area contributed by atoms with Crippen LogP contribution in [-0.2, 0) is 13.0 Å². The van der Waals surface area contributed by atoms with Crippen LogP contribution in [0.25, 0.3) is 0 Å². The molecule has 2 aromatic rings. The minimum absolute atomic E-state index is 0.240. The first-order chi connectivity index (χ1) is 11.8. The molecule has 130 valence electrons. The molecule has 0 spiro atoms. The third kappa shape index (κ3) is 4.42. The molecule has 0 saturated carbocycles. The van der Waals surface area contributed by atoms with E-state index < -0.39 is 0 Å². The van der Waals surface area contributed by atoms with E-state index in [1.807, 2.05) is 12.1 Å². The van der Waals surface area contributed by atoms with Crippen LogP contribution in [0.4, 0.5) is 0 Å². The first kappa shape index (κ1) is 17.1. The average Bonchev–Trinajstić information content (AvgIpc) is 2.90. The summed E-state index contributed by atoms with van der Waals surface area (Å²) in [5, 5.41) is 13.5. The number of benzene rings is 1. The van der Waals surface area contributed by atoms with E-state index in [4.69, 9.17) is 4.52 Å². The number of aliphatic hydroxyl groups is 1. The monoisotopic (exact) mass is 329 g/mol. The van der Waals surface area contributed by atoms with Crippen molar-refractivity contribution in [2.24, 2.45) is 0 Å². The molecule has 1 saturated heterocycles. The van der Waals surface area contributed by atoms with Crippen molar-refractivity contribution in [3.63, 3.8) is 0 Å². The Hall–Kier alpha value is -1.72. The maximum atomic E-state index is 9.31. The molecule has 1 N–H and O–H groups in total. The molecule has 1 aromatic carbocycles. The van der Waals surface area contributed by atoms with E-state index in [9.17, 15) is 5.11 Å². The quantitative estimate of drug-likeness (QED) is 0.882. The third-order valence-corrected chi connectivity index (χ3v) is 4.92. The van der Waals surface area contributed by atoms with Gasteiger partial charge in [0, 0.05) is 19.1 Å². The van der Waals surface area contributed by atoms with Gasteiger partial charge in [-0.15, -0.1) is 0 Å². The Morgan fingerprint density at radius 2 is 2.12 bits per heavy atom. The summed E-state index contributed by atoms with van der Waals surface area (Å²) in [4.78, 5) is 6.98. The maximum absolute atomic E-state index is 9.31. The van der Waals surface area contributed by atoms with Gasteiger partial charge in [0.2, 0.25) is 5.89 Å². The lowest BCUT2D eigenvalue weighted by molar-refractivity contribution is 0.137. The molecule has 24 heavy (non-hydrogen) atoms. The summed E-state index contributed by atoms with van der Waals surface area (Å²) in [6.07, 6.45) is 6.38. The lowest BCUT2D eigenvalue weighted by Crippen LogP contribution is -2.35. The van der Waals surface area contributed by atoms with Crippen molar-refractivity contribution in [1.29, 1.82) is 0 Å². The van der Waals surface area contributed by atoms with Crippen LogP contribution in [0.3, 0.4) is 0 Å². The van der Waals surface area contributed by atoms with E-state index in [0.29, 0.717) is 24.9 Å². The second kappa shape index (κ2) is 8.40. The summed E-state index contributed by atoms with van der Waals surface area (Å²) in [7, 11) is 0. The molecule has 1 unspecified atom stereocenters. The molecule has 0 amide bonds. The highest BCUT2D eigenvalue weighted by Crippen LogP contribution is 2.21. The van der Waals surface area contributed by atoms with Gasteiger partial charge in [-0.2, -0.15) is 4.98 Å². The Balaban J connectivity index is 1.65. The van der Waals surface area contributed by atoms with Crippen molar-refractivity contribution in [3.05, 3.63) is 47.1 Å². The molecule has 1 aromatic heterocycles. The van der Waals surface area contributed by atoms with Crippen LogP contribution < -0.4 is 0 Å². The van der Waals surface area contributed by atoms with Gasteiger partial charge in [-0.3, -0.25) is 4.90 Å². The van der Waals surface area contributed by atoms with Crippen molar-refractivity contribution in [2.45, 2.75) is 58.0 Å². The van der Waals surface area contributed by atoms with Crippen LogP contribution >= 0.6 is 0 Å². The van der Waals surface area contributed by atoms with Crippen LogP contribution in [0.2, 0.25) is 0 Å². The normalized spacial score (nSPS) is 19.3. The number of aromatic nitrogens is 2. The molecule has 5 heteroatoms. The number of hydrogen-bond donors (Lipinski definition) is 1. The van der Waals surface area contributed by atoms with Gasteiger partial charge in [-0.1, -0.05) is 42.3 Å². The van der Waals surface area contributed by atoms with Crippen molar-refractivity contribution < 1.29 is 9.63 Å². The second-order valence-electron chi connectivity index (χ2n) is 6.69. The van der Waals surface area contributed by atoms with E-state index in [1.54, 1.807) is 0 Å². The Morgan fingerprint density at radius 1 is 1.25 bits per heavy atom. The highest BCUT2D eigenvalue weighted by atomic mass is 16.5. The van der Waals surface area contributed by atoms with Gasteiger partial charge < -0.3 is 9.63 Å². The predicted molar refractivity (Wildman–Crippen MR) is 92.7 cm³/mol. The van der Waals surface area contributed by atoms with E-state index in [2.05, 4.69) is 34.1 Å². The summed E-state index contributed by atoms with van der Waals surface area (Å²) in [6, 6.07) is 8.72. The van der Waals surface area contributed by atoms with Gasteiger partial charge in [0.25, 0.3) is 0 Å². The fourth-order valence-corrected chi connectivity index (χ4v) is 3.50. The number of hydrogen-bond acceptors (Lipinski definition) is 5. The lowest BCUT2D eigenvalue weighted by Gasteiger charge is -2.27. The van der Waals surface area contributed by atoms with E-state index in [1.165, 1.54) is 30.4 Å². The van der Waals surface area contributed by atoms with Gasteiger partial charge in [-0.25, -0.2) is 0 Å². The highest BCUT2D eigenvalue weighted by Gasteiger charge is 2.22. The second-order valence-corrected chi connectivity index (χ2v) is 6.69. The zero-order chi connectivity index (χ0) is 16.8. The molecular weight excluding hydrogens is 302 g/mol. The Bertz CT molecular complexity index is 641. The number of nitrogens with zero attached hydrogens (tertiary/aromatic N) is 3. The van der Waals surface area contributed by atoms with Crippen molar-refractivity contribution in [3.8, 4) is 0 Å². The molecular formula is C19H27N3O2.